The predicted molar refractivity (Wildman–Crippen MR) is 61.1 cm³/mol. The number of thiazole rings is 1. The first-order chi connectivity index (χ1) is 7.76. The van der Waals surface area contributed by atoms with Crippen molar-refractivity contribution in [3.8, 4) is 5.13 Å². The number of rotatable bonds is 3. The molecule has 2 aromatic rings. The molecule has 0 saturated heterocycles. The molecule has 0 saturated carbocycles. The summed E-state index contributed by atoms with van der Waals surface area (Å²) in [5, 5.41) is 14.3. The molecule has 0 aliphatic heterocycles. The molecule has 0 aliphatic carbocycles. The van der Waals surface area contributed by atoms with Crippen molar-refractivity contribution in [3.63, 3.8) is 0 Å². The molecule has 0 bridgehead atoms. The summed E-state index contributed by atoms with van der Waals surface area (Å²) in [6.45, 7) is 2.04. The number of hydrogen-bond donors (Lipinski definition) is 2. The number of aromatic nitrogens is 3. The number of nitrogens with two attached hydrogens (primary N) is 1. The highest BCUT2D eigenvalue weighted by Gasteiger charge is 2.11. The lowest BCUT2D eigenvalue weighted by Gasteiger charge is -2.01. The molecule has 0 aromatic carbocycles. The number of aryl methyl sites for hydroxylation is 1. The molecule has 16 heavy (non-hydrogen) atoms. The standard InChI is InChI=1S/C9H11N5OS/c1-2-6-5-16-9(12-6)14-4-3-11-8(14)7(10)13-15/h3-5,15H,2H2,1H3,(H2,10,13). The Balaban J connectivity index is 2.44. The largest absolute Gasteiger partial charge is 0.409 e. The van der Waals surface area contributed by atoms with Crippen LogP contribution >= 0.6 is 11.3 Å². The van der Waals surface area contributed by atoms with Gasteiger partial charge in [0.05, 0.1) is 5.69 Å². The van der Waals surface area contributed by atoms with Crippen LogP contribution in [-0.2, 0) is 6.42 Å². The zero-order valence-electron chi connectivity index (χ0n) is 8.66. The van der Waals surface area contributed by atoms with Crippen LogP contribution in [0.3, 0.4) is 0 Å². The van der Waals surface area contributed by atoms with Gasteiger partial charge in [0.1, 0.15) is 0 Å². The maximum absolute atomic E-state index is 8.62. The molecular formula is C9H11N5OS. The summed E-state index contributed by atoms with van der Waals surface area (Å²) in [4.78, 5) is 8.41. The summed E-state index contributed by atoms with van der Waals surface area (Å²) in [6.07, 6.45) is 4.19. The van der Waals surface area contributed by atoms with Gasteiger partial charge >= 0.3 is 0 Å². The molecule has 6 nitrogen and oxygen atoms in total. The Morgan fingerprint density at radius 2 is 2.50 bits per heavy atom. The lowest BCUT2D eigenvalue weighted by atomic mass is 10.4. The Kier molecular flexibility index (Phi) is 2.86. The molecule has 7 heteroatoms. The van der Waals surface area contributed by atoms with Crippen LogP contribution in [0.2, 0.25) is 0 Å². The van der Waals surface area contributed by atoms with E-state index in [-0.39, 0.29) is 5.84 Å². The van der Waals surface area contributed by atoms with Gasteiger partial charge in [-0.3, -0.25) is 4.57 Å². The van der Waals surface area contributed by atoms with Crippen molar-refractivity contribution in [3.05, 3.63) is 29.3 Å². The lowest BCUT2D eigenvalue weighted by Crippen LogP contribution is -2.18. The van der Waals surface area contributed by atoms with E-state index in [1.54, 1.807) is 17.0 Å². The fourth-order valence-electron chi connectivity index (χ4n) is 1.26. The molecule has 0 fully saturated rings. The topological polar surface area (TPSA) is 89.3 Å². The number of oxime groups is 1. The van der Waals surface area contributed by atoms with Gasteiger partial charge in [-0.25, -0.2) is 9.97 Å². The molecule has 2 heterocycles. The lowest BCUT2D eigenvalue weighted by molar-refractivity contribution is 0.318. The third kappa shape index (κ3) is 1.76. The molecule has 3 N–H and O–H groups in total. The first-order valence-electron chi connectivity index (χ1n) is 4.72. The number of imidazole rings is 1. The summed E-state index contributed by atoms with van der Waals surface area (Å²) in [7, 11) is 0. The molecule has 0 amide bonds. The average Bonchev–Trinajstić information content (AvgIpc) is 2.95. The highest BCUT2D eigenvalue weighted by atomic mass is 32.1. The molecular weight excluding hydrogens is 226 g/mol. The van der Waals surface area contributed by atoms with Crippen molar-refractivity contribution in [2.24, 2.45) is 10.9 Å². The van der Waals surface area contributed by atoms with Gasteiger partial charge in [0, 0.05) is 17.8 Å². The second-order valence-electron chi connectivity index (χ2n) is 3.08. The Hall–Kier alpha value is -1.89. The van der Waals surface area contributed by atoms with E-state index in [1.807, 2.05) is 12.3 Å². The summed E-state index contributed by atoms with van der Waals surface area (Å²) in [5.74, 6) is 0.359. The van der Waals surface area contributed by atoms with Crippen molar-refractivity contribution in [2.45, 2.75) is 13.3 Å². The van der Waals surface area contributed by atoms with Gasteiger partial charge < -0.3 is 10.9 Å². The van der Waals surface area contributed by atoms with Gasteiger partial charge in [0.2, 0.25) is 5.84 Å². The third-order valence-corrected chi connectivity index (χ3v) is 2.97. The molecule has 84 valence electrons. The molecule has 0 radical (unpaired) electrons. The second kappa shape index (κ2) is 4.31. The quantitative estimate of drug-likeness (QED) is 0.360. The number of amidine groups is 1. The Labute approximate surface area is 96.1 Å². The summed E-state index contributed by atoms with van der Waals surface area (Å²) in [5.41, 5.74) is 6.52. The molecule has 2 rings (SSSR count). The maximum Gasteiger partial charge on any atom is 0.206 e. The van der Waals surface area contributed by atoms with E-state index >= 15 is 0 Å². The maximum atomic E-state index is 8.62. The van der Waals surface area contributed by atoms with Crippen LogP contribution in [0, 0.1) is 0 Å². The van der Waals surface area contributed by atoms with E-state index in [4.69, 9.17) is 10.9 Å². The summed E-state index contributed by atoms with van der Waals surface area (Å²) in [6, 6.07) is 0. The second-order valence-corrected chi connectivity index (χ2v) is 3.92. The minimum Gasteiger partial charge on any atom is -0.409 e. The SMILES string of the molecule is CCc1csc(-n2ccnc2C(N)=NO)n1. The Morgan fingerprint density at radius 3 is 3.12 bits per heavy atom. The smallest absolute Gasteiger partial charge is 0.206 e. The van der Waals surface area contributed by atoms with Gasteiger partial charge in [-0.1, -0.05) is 12.1 Å². The Bertz CT molecular complexity index is 515. The van der Waals surface area contributed by atoms with Gasteiger partial charge in [-0.15, -0.1) is 11.3 Å². The fourth-order valence-corrected chi connectivity index (χ4v) is 2.15. The van der Waals surface area contributed by atoms with Gasteiger partial charge in [-0.05, 0) is 6.42 Å². The summed E-state index contributed by atoms with van der Waals surface area (Å²) >= 11 is 1.49. The van der Waals surface area contributed by atoms with E-state index in [0.717, 1.165) is 17.2 Å². The van der Waals surface area contributed by atoms with Crippen LogP contribution < -0.4 is 5.73 Å². The monoisotopic (exact) mass is 237 g/mol. The molecule has 2 aromatic heterocycles. The van der Waals surface area contributed by atoms with Crippen molar-refractivity contribution in [2.75, 3.05) is 0 Å². The molecule has 0 atom stereocenters. The first kappa shape index (κ1) is 10.6. The van der Waals surface area contributed by atoms with Crippen molar-refractivity contribution >= 4 is 17.2 Å². The highest BCUT2D eigenvalue weighted by Crippen LogP contribution is 2.16. The highest BCUT2D eigenvalue weighted by molar-refractivity contribution is 7.12. The predicted octanol–water partition coefficient (Wildman–Crippen LogP) is 0.986. The van der Waals surface area contributed by atoms with Crippen LogP contribution in [0.25, 0.3) is 5.13 Å². The van der Waals surface area contributed by atoms with E-state index in [2.05, 4.69) is 15.1 Å². The third-order valence-electron chi connectivity index (χ3n) is 2.09. The van der Waals surface area contributed by atoms with E-state index < -0.39 is 0 Å². The van der Waals surface area contributed by atoms with E-state index in [1.165, 1.54) is 11.3 Å². The minimum atomic E-state index is -0.0294. The average molecular weight is 237 g/mol. The van der Waals surface area contributed by atoms with Crippen LogP contribution in [-0.4, -0.2) is 25.6 Å². The van der Waals surface area contributed by atoms with E-state index in [0.29, 0.717) is 5.82 Å². The van der Waals surface area contributed by atoms with Crippen molar-refractivity contribution < 1.29 is 5.21 Å². The van der Waals surface area contributed by atoms with Gasteiger partial charge in [-0.2, -0.15) is 0 Å². The minimum absolute atomic E-state index is 0.0294. The molecule has 0 unspecified atom stereocenters. The molecule has 0 aliphatic rings. The van der Waals surface area contributed by atoms with Gasteiger partial charge in [0.25, 0.3) is 0 Å². The fraction of sp³-hybridized carbons (Fsp3) is 0.222. The van der Waals surface area contributed by atoms with Crippen LogP contribution in [0.4, 0.5) is 0 Å². The first-order valence-corrected chi connectivity index (χ1v) is 5.60. The zero-order chi connectivity index (χ0) is 11.5. The summed E-state index contributed by atoms with van der Waals surface area (Å²) < 4.78 is 1.69. The van der Waals surface area contributed by atoms with Crippen molar-refractivity contribution in [1.29, 1.82) is 0 Å². The number of hydrogen-bond acceptors (Lipinski definition) is 5. The van der Waals surface area contributed by atoms with Crippen molar-refractivity contribution in [1.82, 2.24) is 14.5 Å². The molecule has 0 spiro atoms. The Morgan fingerprint density at radius 1 is 1.69 bits per heavy atom. The van der Waals surface area contributed by atoms with Crippen LogP contribution in [0.15, 0.2) is 22.9 Å². The van der Waals surface area contributed by atoms with Gasteiger partial charge in [0.15, 0.2) is 11.0 Å². The number of nitrogens with zero attached hydrogens (tertiary/aromatic N) is 4. The normalized spacial score (nSPS) is 11.9. The van der Waals surface area contributed by atoms with E-state index in [9.17, 15) is 0 Å². The van der Waals surface area contributed by atoms with Crippen LogP contribution in [0.1, 0.15) is 18.4 Å². The zero-order valence-corrected chi connectivity index (χ0v) is 9.48. The van der Waals surface area contributed by atoms with Crippen LogP contribution in [0.5, 0.6) is 0 Å².